The molecule has 174 valence electrons. The van der Waals surface area contributed by atoms with Crippen LogP contribution in [0.25, 0.3) is 5.76 Å². The topological polar surface area (TPSA) is 99.5 Å². The minimum Gasteiger partial charge on any atom is -0.507 e. The summed E-state index contributed by atoms with van der Waals surface area (Å²) in [6, 6.07) is 10.3. The molecule has 0 aromatic heterocycles. The first-order valence-electron chi connectivity index (χ1n) is 10.6. The number of morpholine rings is 1. The maximum absolute atomic E-state index is 13.2. The molecule has 0 spiro atoms. The number of Topliss-reactive ketones (excluding diaryl/α,β-unsaturated/α-hetero) is 1. The third-order valence-corrected chi connectivity index (χ3v) is 6.18. The van der Waals surface area contributed by atoms with E-state index in [9.17, 15) is 19.8 Å². The van der Waals surface area contributed by atoms with E-state index in [2.05, 4.69) is 4.90 Å². The number of likely N-dealkylation sites (tertiary alicyclic amines) is 1. The van der Waals surface area contributed by atoms with Crippen molar-refractivity contribution in [2.45, 2.75) is 6.04 Å². The molecule has 0 unspecified atom stereocenters. The summed E-state index contributed by atoms with van der Waals surface area (Å²) in [5, 5.41) is 21.7. The number of amides is 1. The lowest BCUT2D eigenvalue weighted by Gasteiger charge is -2.31. The summed E-state index contributed by atoms with van der Waals surface area (Å²) < 4.78 is 10.9. The maximum atomic E-state index is 13.2. The van der Waals surface area contributed by atoms with Gasteiger partial charge in [-0.2, -0.15) is 0 Å². The van der Waals surface area contributed by atoms with Crippen LogP contribution in [0, 0.1) is 0 Å². The predicted octanol–water partition coefficient (Wildman–Crippen LogP) is 2.81. The average molecular weight is 473 g/mol. The fourth-order valence-corrected chi connectivity index (χ4v) is 4.42. The van der Waals surface area contributed by atoms with E-state index in [-0.39, 0.29) is 28.5 Å². The number of benzene rings is 2. The lowest BCUT2D eigenvalue weighted by Crippen LogP contribution is -2.42. The number of halogens is 1. The van der Waals surface area contributed by atoms with Crippen LogP contribution in [0.4, 0.5) is 0 Å². The Morgan fingerprint density at radius 2 is 1.88 bits per heavy atom. The van der Waals surface area contributed by atoms with Crippen molar-refractivity contribution >= 4 is 29.1 Å². The molecule has 2 aliphatic heterocycles. The van der Waals surface area contributed by atoms with Gasteiger partial charge in [0.15, 0.2) is 0 Å². The Morgan fingerprint density at radius 3 is 2.61 bits per heavy atom. The van der Waals surface area contributed by atoms with Crippen LogP contribution in [0.3, 0.4) is 0 Å². The summed E-state index contributed by atoms with van der Waals surface area (Å²) in [6.45, 7) is 3.51. The van der Waals surface area contributed by atoms with Crippen molar-refractivity contribution in [3.63, 3.8) is 0 Å². The molecular formula is C24H25ClN2O6. The zero-order valence-electron chi connectivity index (χ0n) is 18.2. The number of aliphatic hydroxyl groups is 1. The second-order valence-corrected chi connectivity index (χ2v) is 8.29. The highest BCUT2D eigenvalue weighted by molar-refractivity contribution is 6.46. The summed E-state index contributed by atoms with van der Waals surface area (Å²) in [5.74, 6) is -1.82. The van der Waals surface area contributed by atoms with Gasteiger partial charge >= 0.3 is 0 Å². The number of methoxy groups -OCH3 is 1. The Kier molecular flexibility index (Phi) is 6.88. The number of para-hydroxylation sites is 1. The van der Waals surface area contributed by atoms with Crippen molar-refractivity contribution in [2.75, 3.05) is 46.5 Å². The van der Waals surface area contributed by atoms with E-state index in [1.54, 1.807) is 24.3 Å². The van der Waals surface area contributed by atoms with Gasteiger partial charge in [-0.15, -0.1) is 0 Å². The third kappa shape index (κ3) is 4.55. The highest BCUT2D eigenvalue weighted by Gasteiger charge is 2.47. The Hall–Kier alpha value is -3.07. The number of phenols is 1. The molecule has 2 heterocycles. The number of carbonyl (C=O) groups is 2. The molecule has 2 saturated heterocycles. The zero-order valence-corrected chi connectivity index (χ0v) is 18.9. The molecule has 1 atom stereocenters. The van der Waals surface area contributed by atoms with Gasteiger partial charge in [0.05, 0.1) is 37.5 Å². The maximum Gasteiger partial charge on any atom is 0.295 e. The van der Waals surface area contributed by atoms with E-state index in [4.69, 9.17) is 21.1 Å². The zero-order chi connectivity index (χ0) is 23.5. The number of phenolic OH excluding ortho intramolecular Hbond substituents is 1. The summed E-state index contributed by atoms with van der Waals surface area (Å²) >= 11 is 6.06. The van der Waals surface area contributed by atoms with Crippen LogP contribution in [0.2, 0.25) is 5.02 Å². The van der Waals surface area contributed by atoms with Gasteiger partial charge in [0, 0.05) is 36.8 Å². The molecule has 8 nitrogen and oxygen atoms in total. The lowest BCUT2D eigenvalue weighted by atomic mass is 9.94. The van der Waals surface area contributed by atoms with E-state index in [0.29, 0.717) is 31.1 Å². The molecule has 2 N–H and O–H groups in total. The number of aromatic hydroxyl groups is 1. The van der Waals surface area contributed by atoms with Gasteiger partial charge in [-0.05, 0) is 24.3 Å². The minimum atomic E-state index is -0.888. The molecule has 0 radical (unpaired) electrons. The van der Waals surface area contributed by atoms with E-state index in [0.717, 1.165) is 13.1 Å². The van der Waals surface area contributed by atoms with Crippen molar-refractivity contribution in [1.29, 1.82) is 0 Å². The summed E-state index contributed by atoms with van der Waals surface area (Å²) in [6.07, 6.45) is 0. The van der Waals surface area contributed by atoms with E-state index >= 15 is 0 Å². The van der Waals surface area contributed by atoms with Gasteiger partial charge < -0.3 is 24.6 Å². The van der Waals surface area contributed by atoms with Crippen molar-refractivity contribution in [1.82, 2.24) is 9.80 Å². The molecule has 0 bridgehead atoms. The normalized spacial score (nSPS) is 20.9. The third-order valence-electron chi connectivity index (χ3n) is 5.95. The number of ether oxygens (including phenoxy) is 2. The SMILES string of the molecule is COc1ccccc1[C@H]1C(=C(O)c2cc(Cl)ccc2O)C(=O)C(=O)N1CCN1CCOCC1. The number of aliphatic hydroxyl groups excluding tert-OH is 1. The Balaban J connectivity index is 1.81. The monoisotopic (exact) mass is 472 g/mol. The Bertz CT molecular complexity index is 1100. The first-order chi connectivity index (χ1) is 15.9. The molecule has 2 fully saturated rings. The molecule has 1 amide bonds. The van der Waals surface area contributed by atoms with Gasteiger partial charge in [-0.3, -0.25) is 14.5 Å². The lowest BCUT2D eigenvalue weighted by molar-refractivity contribution is -0.140. The summed E-state index contributed by atoms with van der Waals surface area (Å²) in [5.41, 5.74) is 0.418. The second-order valence-electron chi connectivity index (χ2n) is 7.85. The molecule has 9 heteroatoms. The molecule has 2 aromatic rings. The van der Waals surface area contributed by atoms with Crippen molar-refractivity contribution in [2.24, 2.45) is 0 Å². The van der Waals surface area contributed by atoms with Crippen LogP contribution in [-0.4, -0.2) is 78.2 Å². The van der Waals surface area contributed by atoms with Gasteiger partial charge in [-0.1, -0.05) is 29.8 Å². The first kappa shape index (κ1) is 23.1. The van der Waals surface area contributed by atoms with E-state index < -0.39 is 23.5 Å². The smallest absolute Gasteiger partial charge is 0.295 e. The Morgan fingerprint density at radius 1 is 1.15 bits per heavy atom. The predicted molar refractivity (Wildman–Crippen MR) is 122 cm³/mol. The Labute approximate surface area is 196 Å². The van der Waals surface area contributed by atoms with E-state index in [1.807, 2.05) is 0 Å². The van der Waals surface area contributed by atoms with Crippen LogP contribution in [0.1, 0.15) is 17.2 Å². The molecule has 2 aliphatic rings. The van der Waals surface area contributed by atoms with E-state index in [1.165, 1.54) is 30.2 Å². The van der Waals surface area contributed by atoms with Gasteiger partial charge in [0.2, 0.25) is 0 Å². The van der Waals surface area contributed by atoms with Gasteiger partial charge in [0.25, 0.3) is 11.7 Å². The number of nitrogens with zero attached hydrogens (tertiary/aromatic N) is 2. The fourth-order valence-electron chi connectivity index (χ4n) is 4.24. The van der Waals surface area contributed by atoms with Crippen LogP contribution in [0.15, 0.2) is 48.0 Å². The highest BCUT2D eigenvalue weighted by atomic mass is 35.5. The van der Waals surface area contributed by atoms with Crippen LogP contribution < -0.4 is 4.74 Å². The molecular weight excluding hydrogens is 448 g/mol. The summed E-state index contributed by atoms with van der Waals surface area (Å²) in [7, 11) is 1.50. The van der Waals surface area contributed by atoms with Gasteiger partial charge in [-0.25, -0.2) is 0 Å². The van der Waals surface area contributed by atoms with Crippen molar-refractivity contribution in [3.8, 4) is 11.5 Å². The van der Waals surface area contributed by atoms with Crippen LogP contribution in [-0.2, 0) is 14.3 Å². The summed E-state index contributed by atoms with van der Waals surface area (Å²) in [4.78, 5) is 29.9. The minimum absolute atomic E-state index is 0.0198. The number of rotatable bonds is 6. The van der Waals surface area contributed by atoms with Crippen LogP contribution >= 0.6 is 11.6 Å². The number of carbonyl (C=O) groups excluding carboxylic acids is 2. The number of hydrogen-bond donors (Lipinski definition) is 2. The fraction of sp³-hybridized carbons (Fsp3) is 0.333. The molecule has 2 aromatic carbocycles. The molecule has 33 heavy (non-hydrogen) atoms. The van der Waals surface area contributed by atoms with Gasteiger partial charge in [0.1, 0.15) is 17.3 Å². The quantitative estimate of drug-likeness (QED) is 0.379. The highest BCUT2D eigenvalue weighted by Crippen LogP contribution is 2.43. The largest absolute Gasteiger partial charge is 0.507 e. The first-order valence-corrected chi connectivity index (χ1v) is 11.0. The standard InChI is InChI=1S/C24H25ClN2O6/c1-32-19-5-3-2-4-16(19)21-20(22(29)17-14-15(25)6-7-18(17)28)23(30)24(31)27(21)9-8-26-10-12-33-13-11-26/h2-7,14,21,28-29H,8-13H2,1H3/t21-/m0/s1. The number of ketones is 1. The second kappa shape index (κ2) is 9.82. The average Bonchev–Trinajstić information content (AvgIpc) is 3.09. The van der Waals surface area contributed by atoms with Crippen molar-refractivity contribution < 1.29 is 29.3 Å². The molecule has 0 saturated carbocycles. The molecule has 4 rings (SSSR count). The van der Waals surface area contributed by atoms with Crippen molar-refractivity contribution in [3.05, 3.63) is 64.2 Å². The van der Waals surface area contributed by atoms with Crippen LogP contribution in [0.5, 0.6) is 11.5 Å². The molecule has 0 aliphatic carbocycles. The number of hydrogen-bond acceptors (Lipinski definition) is 7.